The number of amides is 2. The van der Waals surface area contributed by atoms with Crippen molar-refractivity contribution >= 4 is 35.1 Å². The molecule has 0 saturated carbocycles. The summed E-state index contributed by atoms with van der Waals surface area (Å²) in [5.74, 6) is -4.11. The number of benzene rings is 1. The third-order valence-corrected chi connectivity index (χ3v) is 7.26. The molecule has 8 nitrogen and oxygen atoms in total. The van der Waals surface area contributed by atoms with E-state index in [1.54, 1.807) is 13.8 Å². The number of thiophene rings is 1. The van der Waals surface area contributed by atoms with Gasteiger partial charge in [-0.1, -0.05) is 30.3 Å². The summed E-state index contributed by atoms with van der Waals surface area (Å²) in [6.07, 6.45) is -0.307. The molecular formula is C24H27NO7S. The van der Waals surface area contributed by atoms with E-state index in [-0.39, 0.29) is 23.5 Å². The molecule has 2 aromatic rings. The zero-order chi connectivity index (χ0) is 24.5. The van der Waals surface area contributed by atoms with Crippen LogP contribution in [0.25, 0.3) is 0 Å². The summed E-state index contributed by atoms with van der Waals surface area (Å²) in [6, 6.07) is 9.32. The van der Waals surface area contributed by atoms with E-state index < -0.39 is 41.3 Å². The van der Waals surface area contributed by atoms with Crippen molar-refractivity contribution in [3.05, 3.63) is 56.8 Å². The lowest BCUT2D eigenvalue weighted by molar-refractivity contribution is -0.155. The zero-order valence-corrected chi connectivity index (χ0v) is 20.0. The second-order valence-corrected chi connectivity index (χ2v) is 9.33. The van der Waals surface area contributed by atoms with Crippen molar-refractivity contribution in [3.8, 4) is 0 Å². The Balaban J connectivity index is 2.17. The number of hydrogen-bond donors (Lipinski definition) is 1. The topological polar surface area (TPSA) is 110 Å². The third kappa shape index (κ3) is 4.30. The summed E-state index contributed by atoms with van der Waals surface area (Å²) in [4.78, 5) is 53.0. The number of imide groups is 1. The van der Waals surface area contributed by atoms with Gasteiger partial charge in [0.25, 0.3) is 5.91 Å². The van der Waals surface area contributed by atoms with Crippen LogP contribution in [0.4, 0.5) is 0 Å². The Morgan fingerprint density at radius 3 is 2.39 bits per heavy atom. The predicted octanol–water partition coefficient (Wildman–Crippen LogP) is 3.94. The molecule has 1 aromatic carbocycles. The van der Waals surface area contributed by atoms with E-state index in [0.29, 0.717) is 10.4 Å². The van der Waals surface area contributed by atoms with Crippen molar-refractivity contribution in [1.82, 2.24) is 4.90 Å². The molecule has 2 amide bonds. The second-order valence-electron chi connectivity index (χ2n) is 8.28. The fourth-order valence-corrected chi connectivity index (χ4v) is 5.30. The van der Waals surface area contributed by atoms with Crippen molar-refractivity contribution in [2.45, 2.75) is 51.7 Å². The Morgan fingerprint density at radius 2 is 1.85 bits per heavy atom. The summed E-state index contributed by atoms with van der Waals surface area (Å²) in [6.45, 7) is 6.08. The van der Waals surface area contributed by atoms with Gasteiger partial charge in [-0.3, -0.25) is 14.5 Å². The summed E-state index contributed by atoms with van der Waals surface area (Å²) in [5.41, 5.74) is -0.368. The quantitative estimate of drug-likeness (QED) is 0.457. The molecule has 0 fully saturated rings. The van der Waals surface area contributed by atoms with E-state index >= 15 is 0 Å². The molecular weight excluding hydrogens is 446 g/mol. The summed E-state index contributed by atoms with van der Waals surface area (Å²) in [7, 11) is 1.53. The maximum absolute atomic E-state index is 13.6. The molecule has 0 spiro atoms. The van der Waals surface area contributed by atoms with E-state index in [0.717, 1.165) is 21.8 Å². The number of carboxylic acids is 1. The Kier molecular flexibility index (Phi) is 7.04. The fraction of sp³-hybridized carbons (Fsp3) is 0.417. The highest BCUT2D eigenvalue weighted by atomic mass is 32.1. The van der Waals surface area contributed by atoms with Gasteiger partial charge in [0.1, 0.15) is 10.4 Å². The number of rotatable bonds is 8. The SMILES string of the molecule is CCOC(=O)c1sc2c(c1C)C(=O)N(C(C)(C)C(=O)O)C(=O)C2C[C@H](OC)c1ccccc1. The van der Waals surface area contributed by atoms with E-state index in [1.165, 1.54) is 21.0 Å². The van der Waals surface area contributed by atoms with Crippen LogP contribution >= 0.6 is 11.3 Å². The van der Waals surface area contributed by atoms with Crippen LogP contribution in [0.3, 0.4) is 0 Å². The van der Waals surface area contributed by atoms with Crippen LogP contribution in [0.1, 0.15) is 75.2 Å². The van der Waals surface area contributed by atoms with Crippen LogP contribution in [0.5, 0.6) is 0 Å². The van der Waals surface area contributed by atoms with Crippen LogP contribution in [0, 0.1) is 6.92 Å². The number of nitrogens with zero attached hydrogens (tertiary/aromatic N) is 1. The molecule has 0 saturated heterocycles. The normalized spacial score (nSPS) is 17.0. The van der Waals surface area contributed by atoms with Gasteiger partial charge < -0.3 is 14.6 Å². The largest absolute Gasteiger partial charge is 0.480 e. The molecule has 0 aliphatic carbocycles. The lowest BCUT2D eigenvalue weighted by Gasteiger charge is -2.39. The van der Waals surface area contributed by atoms with Gasteiger partial charge in [-0.25, -0.2) is 9.59 Å². The number of aliphatic carboxylic acids is 1. The molecule has 3 rings (SSSR count). The van der Waals surface area contributed by atoms with Crippen molar-refractivity contribution in [3.63, 3.8) is 0 Å². The first kappa shape index (κ1) is 24.6. The molecule has 2 heterocycles. The van der Waals surface area contributed by atoms with Crippen LogP contribution in [-0.4, -0.2) is 53.0 Å². The molecule has 1 aliphatic heterocycles. The van der Waals surface area contributed by atoms with Crippen molar-refractivity contribution in [2.24, 2.45) is 0 Å². The number of methoxy groups -OCH3 is 1. The van der Waals surface area contributed by atoms with E-state index in [2.05, 4.69) is 0 Å². The Bertz CT molecular complexity index is 1090. The molecule has 176 valence electrons. The number of ether oxygens (including phenoxy) is 2. The number of hydrogen-bond acceptors (Lipinski definition) is 7. The first-order valence-electron chi connectivity index (χ1n) is 10.6. The predicted molar refractivity (Wildman–Crippen MR) is 121 cm³/mol. The Hall–Kier alpha value is -3.04. The molecule has 2 atom stereocenters. The lowest BCUT2D eigenvalue weighted by atomic mass is 9.85. The smallest absolute Gasteiger partial charge is 0.348 e. The van der Waals surface area contributed by atoms with Gasteiger partial charge in [0.15, 0.2) is 0 Å². The van der Waals surface area contributed by atoms with Crippen LogP contribution in [0.2, 0.25) is 0 Å². The maximum Gasteiger partial charge on any atom is 0.348 e. The standard InChI is InChI=1S/C24H27NO7S/c1-6-32-22(28)18-13(2)17-19(33-18)15(12-16(31-5)14-10-8-7-9-11-14)20(26)25(21(17)27)24(3,4)23(29)30/h7-11,15-16H,6,12H2,1-5H3,(H,29,30)/t15?,16-/m0/s1. The Labute approximate surface area is 196 Å². The monoisotopic (exact) mass is 473 g/mol. The number of carboxylic acid groups (broad SMARTS) is 1. The van der Waals surface area contributed by atoms with Crippen molar-refractivity contribution in [1.29, 1.82) is 0 Å². The summed E-state index contributed by atoms with van der Waals surface area (Å²) >= 11 is 1.05. The highest BCUT2D eigenvalue weighted by Crippen LogP contribution is 2.45. The van der Waals surface area contributed by atoms with E-state index in [9.17, 15) is 24.3 Å². The number of fused-ring (bicyclic) bond motifs is 1. The van der Waals surface area contributed by atoms with Gasteiger partial charge in [-0.05, 0) is 45.2 Å². The molecule has 9 heteroatoms. The fourth-order valence-electron chi connectivity index (χ4n) is 4.00. The first-order valence-corrected chi connectivity index (χ1v) is 11.4. The minimum Gasteiger partial charge on any atom is -0.480 e. The third-order valence-electron chi connectivity index (χ3n) is 5.87. The maximum atomic E-state index is 13.6. The molecule has 33 heavy (non-hydrogen) atoms. The van der Waals surface area contributed by atoms with E-state index in [1.807, 2.05) is 30.3 Å². The summed E-state index contributed by atoms with van der Waals surface area (Å²) < 4.78 is 10.8. The van der Waals surface area contributed by atoms with Crippen LogP contribution < -0.4 is 0 Å². The lowest BCUT2D eigenvalue weighted by Crippen LogP contribution is -2.59. The average Bonchev–Trinajstić information content (AvgIpc) is 3.12. The first-order chi connectivity index (χ1) is 15.6. The number of carbonyl (C=O) groups excluding carboxylic acids is 3. The molecule has 0 radical (unpaired) electrons. The zero-order valence-electron chi connectivity index (χ0n) is 19.2. The highest BCUT2D eigenvalue weighted by Gasteiger charge is 2.51. The molecule has 1 aromatic heterocycles. The molecule has 1 N–H and O–H groups in total. The van der Waals surface area contributed by atoms with Crippen molar-refractivity contribution in [2.75, 3.05) is 13.7 Å². The minimum atomic E-state index is -1.78. The van der Waals surface area contributed by atoms with Gasteiger partial charge in [0, 0.05) is 12.0 Å². The molecule has 0 bridgehead atoms. The van der Waals surface area contributed by atoms with Gasteiger partial charge in [-0.15, -0.1) is 11.3 Å². The highest BCUT2D eigenvalue weighted by molar-refractivity contribution is 7.14. The average molecular weight is 474 g/mol. The van der Waals surface area contributed by atoms with Gasteiger partial charge in [0.05, 0.1) is 24.2 Å². The van der Waals surface area contributed by atoms with Crippen molar-refractivity contribution < 1.29 is 33.8 Å². The van der Waals surface area contributed by atoms with Gasteiger partial charge in [-0.2, -0.15) is 0 Å². The van der Waals surface area contributed by atoms with Gasteiger partial charge in [0.2, 0.25) is 5.91 Å². The molecule has 1 aliphatic rings. The van der Waals surface area contributed by atoms with Crippen LogP contribution in [0.15, 0.2) is 30.3 Å². The number of esters is 1. The van der Waals surface area contributed by atoms with Gasteiger partial charge >= 0.3 is 11.9 Å². The second kappa shape index (κ2) is 9.44. The molecule has 1 unspecified atom stereocenters. The number of carbonyl (C=O) groups is 4. The minimum absolute atomic E-state index is 0.162. The Morgan fingerprint density at radius 1 is 1.21 bits per heavy atom. The van der Waals surface area contributed by atoms with Crippen LogP contribution in [-0.2, 0) is 19.1 Å². The summed E-state index contributed by atoms with van der Waals surface area (Å²) in [5, 5.41) is 9.76. The van der Waals surface area contributed by atoms with E-state index in [4.69, 9.17) is 9.47 Å².